The number of aliphatic hydroxyl groups excluding tert-OH is 1. The number of β-amino-alcohol motifs (C(OH)–C–C–N with tert-alkyl or cyclic N) is 1. The molecule has 0 aliphatic carbocycles. The molecule has 4 aromatic rings. The van der Waals surface area contributed by atoms with E-state index in [4.69, 9.17) is 0 Å². The first kappa shape index (κ1) is 25.1. The van der Waals surface area contributed by atoms with Crippen LogP contribution in [0.25, 0.3) is 11.0 Å². The SMILES string of the molecule is CC(=O)Nc1ccc(C)nc1N1CCC(n2c(=N)n(Cc3cccc4c3CCN4)c3ccc(F)cc32)[C@@H](O)C1. The molecule has 39 heavy (non-hydrogen) atoms. The average Bonchev–Trinajstić information content (AvgIpc) is 3.48. The number of carbonyl (C=O) groups excluding carboxylic acids is 1. The fourth-order valence-corrected chi connectivity index (χ4v) is 5.99. The van der Waals surface area contributed by atoms with Gasteiger partial charge in [0.05, 0.1) is 35.4 Å². The third-order valence-electron chi connectivity index (χ3n) is 7.77. The van der Waals surface area contributed by atoms with E-state index in [-0.39, 0.29) is 23.9 Å². The maximum absolute atomic E-state index is 14.5. The summed E-state index contributed by atoms with van der Waals surface area (Å²) in [6, 6.07) is 14.0. The van der Waals surface area contributed by atoms with Crippen LogP contribution in [0.2, 0.25) is 0 Å². The molecule has 2 aromatic heterocycles. The van der Waals surface area contributed by atoms with E-state index in [0.29, 0.717) is 36.5 Å². The van der Waals surface area contributed by atoms with Crippen molar-refractivity contribution in [3.8, 4) is 0 Å². The maximum atomic E-state index is 14.5. The summed E-state index contributed by atoms with van der Waals surface area (Å²) in [5.41, 5.74) is 6.48. The van der Waals surface area contributed by atoms with Crippen LogP contribution in [0.15, 0.2) is 48.5 Å². The molecule has 2 atom stereocenters. The van der Waals surface area contributed by atoms with Gasteiger partial charge in [-0.2, -0.15) is 0 Å². The highest BCUT2D eigenvalue weighted by Crippen LogP contribution is 2.33. The van der Waals surface area contributed by atoms with E-state index in [9.17, 15) is 19.7 Å². The number of aryl methyl sites for hydroxylation is 1. The Bertz CT molecular complexity index is 1640. The lowest BCUT2D eigenvalue weighted by Crippen LogP contribution is -2.47. The molecule has 1 unspecified atom stereocenters. The van der Waals surface area contributed by atoms with E-state index in [1.54, 1.807) is 10.6 Å². The number of aromatic nitrogens is 3. The minimum absolute atomic E-state index is 0.193. The van der Waals surface area contributed by atoms with Gasteiger partial charge in [0, 0.05) is 37.9 Å². The second-order valence-electron chi connectivity index (χ2n) is 10.4. The number of piperidine rings is 1. The predicted molar refractivity (Wildman–Crippen MR) is 149 cm³/mol. The Morgan fingerprint density at radius 3 is 2.87 bits per heavy atom. The van der Waals surface area contributed by atoms with Gasteiger partial charge in [-0.15, -0.1) is 0 Å². The van der Waals surface area contributed by atoms with Crippen molar-refractivity contribution in [3.63, 3.8) is 0 Å². The van der Waals surface area contributed by atoms with Crippen LogP contribution < -0.4 is 21.2 Å². The van der Waals surface area contributed by atoms with Crippen molar-refractivity contribution in [2.24, 2.45) is 0 Å². The first-order valence-corrected chi connectivity index (χ1v) is 13.3. The number of hydrogen-bond acceptors (Lipinski definition) is 6. The molecular formula is C29H32FN7O2. The quantitative estimate of drug-likeness (QED) is 0.316. The van der Waals surface area contributed by atoms with Gasteiger partial charge < -0.3 is 29.8 Å². The highest BCUT2D eigenvalue weighted by molar-refractivity contribution is 5.92. The molecule has 1 saturated heterocycles. The Morgan fingerprint density at radius 1 is 1.23 bits per heavy atom. The number of halogens is 1. The first-order valence-electron chi connectivity index (χ1n) is 13.3. The summed E-state index contributed by atoms with van der Waals surface area (Å²) in [4.78, 5) is 18.4. The summed E-state index contributed by atoms with van der Waals surface area (Å²) in [5, 5.41) is 26.8. The zero-order valence-corrected chi connectivity index (χ0v) is 22.0. The molecule has 9 nitrogen and oxygen atoms in total. The van der Waals surface area contributed by atoms with Crippen LogP contribution >= 0.6 is 0 Å². The van der Waals surface area contributed by atoms with Crippen LogP contribution in [0.4, 0.5) is 21.6 Å². The second kappa shape index (κ2) is 9.85. The lowest BCUT2D eigenvalue weighted by Gasteiger charge is -2.38. The number of anilines is 3. The fraction of sp³-hybridized carbons (Fsp3) is 0.345. The van der Waals surface area contributed by atoms with Gasteiger partial charge in [-0.1, -0.05) is 12.1 Å². The van der Waals surface area contributed by atoms with E-state index in [0.717, 1.165) is 35.4 Å². The van der Waals surface area contributed by atoms with E-state index in [2.05, 4.69) is 27.8 Å². The van der Waals surface area contributed by atoms with Crippen molar-refractivity contribution in [2.45, 2.75) is 45.4 Å². The van der Waals surface area contributed by atoms with Gasteiger partial charge in [-0.05, 0) is 67.3 Å². The molecular weight excluding hydrogens is 497 g/mol. The number of nitrogens with one attached hydrogen (secondary N) is 3. The fourth-order valence-electron chi connectivity index (χ4n) is 5.99. The molecule has 0 spiro atoms. The number of hydrogen-bond donors (Lipinski definition) is 4. The van der Waals surface area contributed by atoms with Crippen molar-refractivity contribution in [3.05, 3.63) is 76.8 Å². The molecule has 1 fully saturated rings. The number of aliphatic hydroxyl groups is 1. The monoisotopic (exact) mass is 529 g/mol. The van der Waals surface area contributed by atoms with Crippen molar-refractivity contribution in [1.29, 1.82) is 5.41 Å². The third kappa shape index (κ3) is 4.54. The van der Waals surface area contributed by atoms with E-state index < -0.39 is 12.1 Å². The molecule has 202 valence electrons. The summed E-state index contributed by atoms with van der Waals surface area (Å²) in [6.45, 7) is 5.53. The normalized spacial score (nSPS) is 18.7. The zero-order valence-electron chi connectivity index (χ0n) is 22.0. The van der Waals surface area contributed by atoms with Crippen molar-refractivity contribution >= 4 is 34.1 Å². The molecule has 0 saturated carbocycles. The number of nitrogens with zero attached hydrogens (tertiary/aromatic N) is 4. The smallest absolute Gasteiger partial charge is 0.221 e. The Labute approximate surface area is 225 Å². The summed E-state index contributed by atoms with van der Waals surface area (Å²) in [6.07, 6.45) is 0.609. The number of amides is 1. The highest BCUT2D eigenvalue weighted by atomic mass is 19.1. The Hall–Kier alpha value is -4.18. The van der Waals surface area contributed by atoms with Gasteiger partial charge in [0.2, 0.25) is 11.5 Å². The minimum atomic E-state index is -0.840. The van der Waals surface area contributed by atoms with Gasteiger partial charge >= 0.3 is 0 Å². The van der Waals surface area contributed by atoms with Crippen molar-refractivity contribution in [2.75, 3.05) is 35.2 Å². The van der Waals surface area contributed by atoms with Crippen molar-refractivity contribution in [1.82, 2.24) is 14.1 Å². The van der Waals surface area contributed by atoms with E-state index in [1.807, 2.05) is 34.6 Å². The Morgan fingerprint density at radius 2 is 2.08 bits per heavy atom. The van der Waals surface area contributed by atoms with Crippen LogP contribution in [0, 0.1) is 18.2 Å². The van der Waals surface area contributed by atoms with Gasteiger partial charge in [0.25, 0.3) is 0 Å². The molecule has 2 aromatic carbocycles. The molecule has 0 bridgehead atoms. The van der Waals surface area contributed by atoms with Crippen molar-refractivity contribution < 1.29 is 14.3 Å². The number of rotatable bonds is 5. The summed E-state index contributed by atoms with van der Waals surface area (Å²) in [5.74, 6) is 0.0364. The largest absolute Gasteiger partial charge is 0.389 e. The molecule has 10 heteroatoms. The van der Waals surface area contributed by atoms with Crippen LogP contribution in [0.1, 0.15) is 36.2 Å². The summed E-state index contributed by atoms with van der Waals surface area (Å²) >= 11 is 0. The maximum Gasteiger partial charge on any atom is 0.221 e. The third-order valence-corrected chi connectivity index (χ3v) is 7.77. The van der Waals surface area contributed by atoms with Crippen LogP contribution in [0.5, 0.6) is 0 Å². The first-order chi connectivity index (χ1) is 18.8. The average molecular weight is 530 g/mol. The molecule has 4 N–H and O–H groups in total. The molecule has 6 rings (SSSR count). The molecule has 1 amide bonds. The molecule has 2 aliphatic heterocycles. The number of carbonyl (C=O) groups is 1. The van der Waals surface area contributed by atoms with E-state index >= 15 is 0 Å². The summed E-state index contributed by atoms with van der Waals surface area (Å²) in [7, 11) is 0. The van der Waals surface area contributed by atoms with Gasteiger partial charge in [-0.3, -0.25) is 10.2 Å². The van der Waals surface area contributed by atoms with Crippen LogP contribution in [0.3, 0.4) is 0 Å². The number of pyridine rings is 1. The lowest BCUT2D eigenvalue weighted by molar-refractivity contribution is -0.114. The summed E-state index contributed by atoms with van der Waals surface area (Å²) < 4.78 is 18.2. The molecule has 2 aliphatic rings. The minimum Gasteiger partial charge on any atom is -0.389 e. The lowest BCUT2D eigenvalue weighted by atomic mass is 10.0. The van der Waals surface area contributed by atoms with Gasteiger partial charge in [-0.25, -0.2) is 9.37 Å². The Kier molecular flexibility index (Phi) is 6.34. The van der Waals surface area contributed by atoms with E-state index in [1.165, 1.54) is 24.6 Å². The highest BCUT2D eigenvalue weighted by Gasteiger charge is 2.33. The van der Waals surface area contributed by atoms with Gasteiger partial charge in [0.1, 0.15) is 5.82 Å². The second-order valence-corrected chi connectivity index (χ2v) is 10.4. The molecule has 4 heterocycles. The van der Waals surface area contributed by atoms with Gasteiger partial charge in [0.15, 0.2) is 5.82 Å². The number of fused-ring (bicyclic) bond motifs is 2. The zero-order chi connectivity index (χ0) is 27.3. The predicted octanol–water partition coefficient (Wildman–Crippen LogP) is 3.55. The topological polar surface area (TPSA) is 111 Å². The molecule has 0 radical (unpaired) electrons. The standard InChI is InChI=1S/C29H32FN7O2/c1-17-6-8-23(34-18(2)38)28(33-17)35-13-11-25(27(39)16-35)37-26-14-20(30)7-9-24(26)36(29(37)31)15-19-4-3-5-22-21(19)10-12-32-22/h3-9,14,25,27,31-32,39H,10-13,15-16H2,1-2H3,(H,34,38)/t25?,27-/m0/s1. The van der Waals surface area contributed by atoms with Crippen LogP contribution in [-0.2, 0) is 17.8 Å². The Balaban J connectivity index is 1.36. The van der Waals surface area contributed by atoms with Crippen LogP contribution in [-0.4, -0.2) is 50.9 Å². The number of benzene rings is 2. The number of imidazole rings is 1.